The number of benzene rings is 1. The molecule has 0 aliphatic heterocycles. The Hall–Kier alpha value is -2.22. The van der Waals surface area contributed by atoms with Gasteiger partial charge in [-0.05, 0) is 17.7 Å². The molecule has 0 atom stereocenters. The fraction of sp³-hybridized carbons (Fsp3) is 0.381. The maximum atomic E-state index is 12.3. The first kappa shape index (κ1) is 25.4. The lowest BCUT2D eigenvalue weighted by Crippen LogP contribution is -2.36. The first-order valence-electron chi connectivity index (χ1n) is 10.4. The van der Waals surface area contributed by atoms with E-state index < -0.39 is 8.07 Å². The van der Waals surface area contributed by atoms with E-state index in [1.165, 1.54) is 11.3 Å². The van der Waals surface area contributed by atoms with Crippen LogP contribution in [-0.4, -0.2) is 53.5 Å². The number of aromatic nitrogens is 2. The Kier molecular flexibility index (Phi) is 9.06. The summed E-state index contributed by atoms with van der Waals surface area (Å²) in [6.07, 6.45) is 3.55. The lowest BCUT2D eigenvalue weighted by atomic mass is 10.2. The van der Waals surface area contributed by atoms with Crippen molar-refractivity contribution in [3.05, 3.63) is 48.1 Å². The molecule has 5 N–H and O–H groups in total. The van der Waals surface area contributed by atoms with Gasteiger partial charge in [0.05, 0.1) is 41.6 Å². The minimum absolute atomic E-state index is 0.132. The van der Waals surface area contributed by atoms with Crippen molar-refractivity contribution in [3.63, 3.8) is 0 Å². The molecule has 1 aromatic carbocycles. The van der Waals surface area contributed by atoms with Gasteiger partial charge in [-0.25, -0.2) is 14.8 Å². The topological polar surface area (TPSA) is 133 Å². The lowest BCUT2D eigenvalue weighted by molar-refractivity contribution is 0.170. The van der Waals surface area contributed by atoms with Crippen LogP contribution in [0.4, 0.5) is 15.6 Å². The van der Waals surface area contributed by atoms with Gasteiger partial charge in [-0.3, -0.25) is 5.32 Å². The van der Waals surface area contributed by atoms with E-state index in [4.69, 9.17) is 14.6 Å². The molecule has 12 heteroatoms. The summed E-state index contributed by atoms with van der Waals surface area (Å²) in [5, 5.41) is 28.2. The number of amides is 2. The highest BCUT2D eigenvalue weighted by molar-refractivity contribution is 8.00. The zero-order valence-corrected chi connectivity index (χ0v) is 21.4. The van der Waals surface area contributed by atoms with Crippen molar-refractivity contribution in [2.45, 2.75) is 42.2 Å². The van der Waals surface area contributed by atoms with Crippen molar-refractivity contribution in [2.75, 3.05) is 23.8 Å². The first-order valence-corrected chi connectivity index (χ1v) is 15.7. The average Bonchev–Trinajstić information content (AvgIpc) is 3.43. The molecular weight excluding hydrogens is 478 g/mol. The maximum absolute atomic E-state index is 12.3. The van der Waals surface area contributed by atoms with Crippen LogP contribution in [-0.2, 0) is 12.3 Å². The molecule has 0 spiro atoms. The normalized spacial score (nSPS) is 11.7. The summed E-state index contributed by atoms with van der Waals surface area (Å²) in [5.41, 5.74) is 1.61. The molecule has 9 nitrogen and oxygen atoms in total. The minimum Gasteiger partial charge on any atom is -0.450 e. The van der Waals surface area contributed by atoms with Gasteiger partial charge in [-0.1, -0.05) is 43.1 Å². The Bertz CT molecular complexity index is 1030. The molecule has 2 aromatic heterocycles. The van der Waals surface area contributed by atoms with Crippen LogP contribution in [0.1, 0.15) is 11.5 Å². The zero-order chi connectivity index (χ0) is 23.8. The van der Waals surface area contributed by atoms with Crippen molar-refractivity contribution in [3.8, 4) is 0 Å². The monoisotopic (exact) mass is 507 g/mol. The van der Waals surface area contributed by atoms with E-state index in [-0.39, 0.29) is 25.3 Å². The summed E-state index contributed by atoms with van der Waals surface area (Å²) in [5.74, 6) is 1.30. The number of carbonyl (C=O) groups is 1. The Morgan fingerprint density at radius 2 is 1.85 bits per heavy atom. The van der Waals surface area contributed by atoms with Crippen LogP contribution in [0.3, 0.4) is 0 Å². The number of oxazole rings is 1. The molecule has 33 heavy (non-hydrogen) atoms. The van der Waals surface area contributed by atoms with Gasteiger partial charge >= 0.3 is 6.03 Å². The number of urea groups is 1. The number of aliphatic hydroxyl groups excluding tert-OH is 2. The molecule has 0 saturated carbocycles. The summed E-state index contributed by atoms with van der Waals surface area (Å²) in [6.45, 7) is 6.89. The number of thioether (sulfide) groups is 1. The molecule has 0 bridgehead atoms. The van der Waals surface area contributed by atoms with E-state index >= 15 is 0 Å². The Morgan fingerprint density at radius 3 is 2.48 bits per heavy atom. The number of nitrogens with zero attached hydrogens (tertiary/aromatic N) is 2. The van der Waals surface area contributed by atoms with Crippen LogP contribution in [0.25, 0.3) is 0 Å². The molecule has 0 unspecified atom stereocenters. The molecule has 3 aromatic rings. The van der Waals surface area contributed by atoms with Crippen molar-refractivity contribution >= 4 is 53.4 Å². The van der Waals surface area contributed by atoms with Gasteiger partial charge in [0, 0.05) is 12.2 Å². The third-order valence-electron chi connectivity index (χ3n) is 4.58. The van der Waals surface area contributed by atoms with Crippen LogP contribution >= 0.6 is 23.1 Å². The van der Waals surface area contributed by atoms with Gasteiger partial charge in [0.25, 0.3) is 0 Å². The molecule has 0 aliphatic carbocycles. The number of anilines is 2. The van der Waals surface area contributed by atoms with Crippen LogP contribution in [0, 0.1) is 0 Å². The summed E-state index contributed by atoms with van der Waals surface area (Å²) < 4.78 is 6.82. The zero-order valence-electron chi connectivity index (χ0n) is 18.8. The second-order valence-electron chi connectivity index (χ2n) is 8.36. The SMILES string of the molecule is C[Si](C)(C)c1cnc(CSc2cnc(NC(=O)Nc3ccc(CNC(CO)CO)cc3)s2)o1. The molecule has 2 heterocycles. The Labute approximate surface area is 202 Å². The van der Waals surface area contributed by atoms with Gasteiger partial charge in [-0.2, -0.15) is 0 Å². The highest BCUT2D eigenvalue weighted by Gasteiger charge is 2.22. The summed E-state index contributed by atoms with van der Waals surface area (Å²) in [6, 6.07) is 6.58. The van der Waals surface area contributed by atoms with Crippen molar-refractivity contribution in [1.29, 1.82) is 0 Å². The van der Waals surface area contributed by atoms with E-state index in [1.807, 2.05) is 18.3 Å². The van der Waals surface area contributed by atoms with Crippen LogP contribution in [0.5, 0.6) is 0 Å². The second kappa shape index (κ2) is 11.8. The first-order chi connectivity index (χ1) is 15.8. The number of rotatable bonds is 11. The predicted molar refractivity (Wildman–Crippen MR) is 135 cm³/mol. The quantitative estimate of drug-likeness (QED) is 0.198. The molecule has 2 amide bonds. The third kappa shape index (κ3) is 7.94. The van der Waals surface area contributed by atoms with Gasteiger partial charge in [0.15, 0.2) is 5.13 Å². The summed E-state index contributed by atoms with van der Waals surface area (Å²) in [4.78, 5) is 20.9. The summed E-state index contributed by atoms with van der Waals surface area (Å²) >= 11 is 2.96. The standard InChI is InChI=1S/C21H29N5O4S2Si/c1-33(2,3)18-9-23-17(30-18)13-31-19-10-24-21(32-19)26-20(29)25-15-6-4-14(5-7-15)8-22-16(11-27)12-28/h4-7,9-10,16,22,27-28H,8,11-13H2,1-3H3,(H2,24,25,26,29). The van der Waals surface area contributed by atoms with Crippen molar-refractivity contribution < 1.29 is 19.4 Å². The largest absolute Gasteiger partial charge is 0.450 e. The minimum atomic E-state index is -1.51. The van der Waals surface area contributed by atoms with Crippen molar-refractivity contribution in [1.82, 2.24) is 15.3 Å². The number of aliphatic hydroxyl groups is 2. The highest BCUT2D eigenvalue weighted by Crippen LogP contribution is 2.30. The molecule has 0 aliphatic rings. The second-order valence-corrected chi connectivity index (χ2v) is 15.7. The van der Waals surface area contributed by atoms with Gasteiger partial charge in [0.2, 0.25) is 5.89 Å². The number of hydrogen-bond donors (Lipinski definition) is 5. The van der Waals surface area contributed by atoms with E-state index in [1.54, 1.807) is 30.1 Å². The van der Waals surface area contributed by atoms with Gasteiger partial charge < -0.3 is 25.3 Å². The fourth-order valence-corrected chi connectivity index (χ4v) is 5.25. The van der Waals surface area contributed by atoms with Crippen LogP contribution < -0.4 is 21.3 Å². The van der Waals surface area contributed by atoms with E-state index in [0.29, 0.717) is 29.0 Å². The van der Waals surface area contributed by atoms with Crippen LogP contribution in [0.2, 0.25) is 19.6 Å². The number of nitrogens with one attached hydrogen (secondary N) is 3. The molecule has 178 valence electrons. The smallest absolute Gasteiger partial charge is 0.325 e. The average molecular weight is 508 g/mol. The summed E-state index contributed by atoms with van der Waals surface area (Å²) in [7, 11) is -1.51. The number of thiazole rings is 1. The molecule has 3 rings (SSSR count). The van der Waals surface area contributed by atoms with Crippen molar-refractivity contribution in [2.24, 2.45) is 0 Å². The molecule has 0 saturated heterocycles. The van der Waals surface area contributed by atoms with E-state index in [9.17, 15) is 4.79 Å². The van der Waals surface area contributed by atoms with E-state index in [0.717, 1.165) is 15.2 Å². The molecule has 0 fully saturated rings. The Morgan fingerprint density at radius 1 is 1.12 bits per heavy atom. The number of hydrogen-bond acceptors (Lipinski definition) is 9. The predicted octanol–water partition coefficient (Wildman–Crippen LogP) is 3.06. The van der Waals surface area contributed by atoms with Gasteiger partial charge in [0.1, 0.15) is 13.5 Å². The van der Waals surface area contributed by atoms with E-state index in [2.05, 4.69) is 45.6 Å². The van der Waals surface area contributed by atoms with Gasteiger partial charge in [-0.15, -0.1) is 11.8 Å². The maximum Gasteiger partial charge on any atom is 0.325 e. The molecule has 0 radical (unpaired) electrons. The molecular formula is C21H29N5O4S2Si. The Balaban J connectivity index is 1.45. The fourth-order valence-electron chi connectivity index (χ4n) is 2.65. The van der Waals surface area contributed by atoms with Crippen LogP contribution in [0.15, 0.2) is 45.3 Å². The highest BCUT2D eigenvalue weighted by atomic mass is 32.2. The third-order valence-corrected chi connectivity index (χ3v) is 8.38. The number of carbonyl (C=O) groups excluding carboxylic acids is 1. The lowest BCUT2D eigenvalue weighted by Gasteiger charge is -2.13.